The number of halogens is 3. The van der Waals surface area contributed by atoms with Crippen molar-refractivity contribution in [1.82, 2.24) is 21.2 Å². The minimum absolute atomic E-state index is 0.0104. The lowest BCUT2D eigenvalue weighted by Gasteiger charge is -2.18. The number of pyridine rings is 1. The highest BCUT2D eigenvalue weighted by Gasteiger charge is 2.31. The van der Waals surface area contributed by atoms with E-state index in [2.05, 4.69) is 35.0 Å². The number of hydrazine groups is 1. The Bertz CT molecular complexity index is 1060. The van der Waals surface area contributed by atoms with E-state index in [1.54, 1.807) is 19.2 Å². The van der Waals surface area contributed by atoms with Crippen molar-refractivity contribution in [2.75, 3.05) is 20.3 Å². The molecule has 1 aliphatic rings. The summed E-state index contributed by atoms with van der Waals surface area (Å²) in [6.07, 6.45) is 1.76. The third-order valence-electron chi connectivity index (χ3n) is 4.46. The first kappa shape index (κ1) is 37.5. The molecule has 2 heterocycles. The highest BCUT2D eigenvalue weighted by molar-refractivity contribution is 6.33. The molecule has 2 aromatic rings. The molecule has 1 amide bonds. The predicted molar refractivity (Wildman–Crippen MR) is 158 cm³/mol. The molecule has 3 N–H and O–H groups in total. The molecule has 0 bridgehead atoms. The Hall–Kier alpha value is -2.50. The Morgan fingerprint density at radius 3 is 2.35 bits per heavy atom. The average molecular weight is 606 g/mol. The maximum Gasteiger partial charge on any atom is 0.284 e. The molecule has 0 aliphatic carbocycles. The second-order valence-corrected chi connectivity index (χ2v) is 9.72. The molecule has 40 heavy (non-hydrogen) atoms. The zero-order chi connectivity index (χ0) is 30.9. The number of carbonyl (C=O) groups is 2. The van der Waals surface area contributed by atoms with E-state index in [1.807, 2.05) is 41.5 Å². The highest BCUT2D eigenvalue weighted by Crippen LogP contribution is 2.26. The summed E-state index contributed by atoms with van der Waals surface area (Å²) in [5.74, 6) is -0.454. The lowest BCUT2D eigenvalue weighted by molar-refractivity contribution is 0.0230. The third-order valence-corrected chi connectivity index (χ3v) is 5.06. The van der Waals surface area contributed by atoms with Gasteiger partial charge in [-0.1, -0.05) is 57.3 Å². The van der Waals surface area contributed by atoms with Gasteiger partial charge in [0.15, 0.2) is 28.8 Å². The van der Waals surface area contributed by atoms with Gasteiger partial charge in [0.1, 0.15) is 18.0 Å². The Morgan fingerprint density at radius 1 is 1.25 bits per heavy atom. The van der Waals surface area contributed by atoms with Crippen LogP contribution in [-0.4, -0.2) is 55.3 Å². The van der Waals surface area contributed by atoms with Crippen LogP contribution < -0.4 is 25.6 Å². The molecule has 3 rings (SSSR count). The van der Waals surface area contributed by atoms with Gasteiger partial charge in [0.05, 0.1) is 23.8 Å². The molecule has 1 aliphatic heterocycles. The number of aldehydes is 1. The first-order valence-corrected chi connectivity index (χ1v) is 13.9. The van der Waals surface area contributed by atoms with Crippen molar-refractivity contribution in [2.45, 2.75) is 79.7 Å². The van der Waals surface area contributed by atoms with E-state index in [-0.39, 0.29) is 51.8 Å². The molecule has 9 nitrogen and oxygen atoms in total. The maximum atomic E-state index is 13.6. The Morgan fingerprint density at radius 2 is 1.88 bits per heavy atom. The molecule has 0 spiro atoms. The lowest BCUT2D eigenvalue weighted by atomic mass is 10.2. The monoisotopic (exact) mass is 604 g/mol. The Labute approximate surface area is 247 Å². The second-order valence-electron chi connectivity index (χ2n) is 8.96. The van der Waals surface area contributed by atoms with Crippen molar-refractivity contribution in [3.63, 3.8) is 0 Å². The Kier molecular flexibility index (Phi) is 18.3. The third kappa shape index (κ3) is 13.7. The van der Waals surface area contributed by atoms with Crippen LogP contribution in [0.5, 0.6) is 11.5 Å². The molecule has 1 unspecified atom stereocenters. The van der Waals surface area contributed by atoms with Crippen molar-refractivity contribution in [2.24, 2.45) is 0 Å². The number of hydrogen-bond acceptors (Lipinski definition) is 8. The number of rotatable bonds is 8. The van der Waals surface area contributed by atoms with Gasteiger partial charge >= 0.3 is 0 Å². The number of amides is 1. The van der Waals surface area contributed by atoms with E-state index in [4.69, 9.17) is 37.4 Å². The number of carbonyl (C=O) groups excluding carboxylic acids is 2. The summed E-state index contributed by atoms with van der Waals surface area (Å²) >= 11 is 11.7. The molecule has 1 aromatic carbocycles. The first-order valence-electron chi connectivity index (χ1n) is 13.2. The molecule has 12 heteroatoms. The normalized spacial score (nSPS) is 14.9. The fourth-order valence-corrected chi connectivity index (χ4v) is 3.37. The van der Waals surface area contributed by atoms with E-state index in [0.717, 1.165) is 6.07 Å². The number of benzene rings is 1. The minimum atomic E-state index is -0.607. The smallest absolute Gasteiger partial charge is 0.284 e. The molecular formula is C28H43Cl2FN4O5. The number of nitrogens with zero attached hydrogens (tertiary/aromatic N) is 1. The van der Waals surface area contributed by atoms with Crippen molar-refractivity contribution in [3.8, 4) is 11.5 Å². The van der Waals surface area contributed by atoms with E-state index >= 15 is 0 Å². The number of aromatic nitrogens is 1. The van der Waals surface area contributed by atoms with Gasteiger partial charge in [0, 0.05) is 18.7 Å². The maximum absolute atomic E-state index is 13.6. The zero-order valence-electron chi connectivity index (χ0n) is 24.8. The molecule has 0 saturated carbocycles. The van der Waals surface area contributed by atoms with Crippen LogP contribution in [0.1, 0.15) is 82.7 Å². The number of nitrogens with one attached hydrogen (secondary N) is 3. The van der Waals surface area contributed by atoms with Crippen LogP contribution in [0, 0.1) is 5.82 Å². The summed E-state index contributed by atoms with van der Waals surface area (Å²) in [5.41, 5.74) is 4.86. The van der Waals surface area contributed by atoms with Gasteiger partial charge in [-0.2, -0.15) is 0 Å². The van der Waals surface area contributed by atoms with Gasteiger partial charge in [-0.25, -0.2) is 14.8 Å². The molecule has 1 fully saturated rings. The van der Waals surface area contributed by atoms with Gasteiger partial charge < -0.3 is 14.2 Å². The van der Waals surface area contributed by atoms with Gasteiger partial charge in [-0.05, 0) is 45.9 Å². The summed E-state index contributed by atoms with van der Waals surface area (Å²) in [6, 6.07) is 5.53. The average Bonchev–Trinajstić information content (AvgIpc) is 3.25. The van der Waals surface area contributed by atoms with E-state index < -0.39 is 11.5 Å². The molecule has 0 radical (unpaired) electrons. The summed E-state index contributed by atoms with van der Waals surface area (Å²) in [7, 11) is 1.59. The van der Waals surface area contributed by atoms with Gasteiger partial charge in [0.25, 0.3) is 5.91 Å². The van der Waals surface area contributed by atoms with Gasteiger partial charge in [-0.3, -0.25) is 20.3 Å². The molecule has 226 valence electrons. The lowest BCUT2D eigenvalue weighted by Crippen LogP contribution is -2.41. The van der Waals surface area contributed by atoms with Crippen molar-refractivity contribution in [1.29, 1.82) is 0 Å². The molecule has 1 aromatic heterocycles. The molecular weight excluding hydrogens is 562 g/mol. The van der Waals surface area contributed by atoms with Crippen molar-refractivity contribution in [3.05, 3.63) is 51.5 Å². The standard InChI is InChI=1S/C13H15ClFNO3.C10H14ClN3O2.C3H8.C2H6/c1-13(2)16-9(7-19-13)6-18-12-4-10(14)8(5-17)3-11(12)15;1-6(2)16-8-5-4-7(13-9(8)11)10(15)14-12-3;1-3-2;1-2/h3-5,9,16H,6-7H2,1-2H3;4-6,12H,1-3H3,(H,14,15);3H2,1-2H3;1-2H3. The SMILES string of the molecule is CC.CC1(C)NC(COc2cc(Cl)c(C=O)cc2F)CO1.CCC.CNNC(=O)c1ccc(OC(C)C)c(Cl)n1. The van der Waals surface area contributed by atoms with Crippen LogP contribution >= 0.6 is 23.2 Å². The van der Waals surface area contributed by atoms with Crippen molar-refractivity contribution < 1.29 is 28.2 Å². The Balaban J connectivity index is 0.000000663. The summed E-state index contributed by atoms with van der Waals surface area (Å²) in [5, 5.41) is 3.55. The first-order chi connectivity index (χ1) is 18.9. The topological polar surface area (TPSA) is 111 Å². The number of ether oxygens (including phenoxy) is 3. The molecule has 1 atom stereocenters. The second kappa shape index (κ2) is 19.6. The summed E-state index contributed by atoms with van der Waals surface area (Å²) < 4.78 is 29.9. The fraction of sp³-hybridized carbons (Fsp3) is 0.536. The zero-order valence-corrected chi connectivity index (χ0v) is 26.3. The van der Waals surface area contributed by atoms with E-state index in [9.17, 15) is 14.0 Å². The van der Waals surface area contributed by atoms with Crippen LogP contribution in [0.2, 0.25) is 10.2 Å². The van der Waals surface area contributed by atoms with Crippen LogP contribution in [0.4, 0.5) is 4.39 Å². The quantitative estimate of drug-likeness (QED) is 0.185. The van der Waals surface area contributed by atoms with Crippen LogP contribution in [0.15, 0.2) is 24.3 Å². The van der Waals surface area contributed by atoms with Gasteiger partial charge in [0.2, 0.25) is 0 Å². The number of hydrogen-bond donors (Lipinski definition) is 3. The molecule has 1 saturated heterocycles. The summed E-state index contributed by atoms with van der Waals surface area (Å²) in [6.45, 7) is 16.6. The van der Waals surface area contributed by atoms with Crippen LogP contribution in [0.3, 0.4) is 0 Å². The summed E-state index contributed by atoms with van der Waals surface area (Å²) in [4.78, 5) is 25.9. The van der Waals surface area contributed by atoms with Crippen LogP contribution in [-0.2, 0) is 4.74 Å². The predicted octanol–water partition coefficient (Wildman–Crippen LogP) is 6.22. The minimum Gasteiger partial charge on any atom is -0.489 e. The van der Waals surface area contributed by atoms with Crippen LogP contribution in [0.25, 0.3) is 0 Å². The van der Waals surface area contributed by atoms with E-state index in [1.165, 1.54) is 12.5 Å². The van der Waals surface area contributed by atoms with Gasteiger partial charge in [-0.15, -0.1) is 0 Å². The largest absolute Gasteiger partial charge is 0.489 e. The van der Waals surface area contributed by atoms with Crippen molar-refractivity contribution >= 4 is 35.4 Å². The highest BCUT2D eigenvalue weighted by atomic mass is 35.5. The fourth-order valence-electron chi connectivity index (χ4n) is 2.98. The van der Waals surface area contributed by atoms with E-state index in [0.29, 0.717) is 18.6 Å².